The van der Waals surface area contributed by atoms with Crippen LogP contribution in [0.1, 0.15) is 41.4 Å². The first-order valence-corrected chi connectivity index (χ1v) is 13.0. The second kappa shape index (κ2) is 9.35. The van der Waals surface area contributed by atoms with Crippen molar-refractivity contribution >= 4 is 44.2 Å². The molecule has 0 radical (unpaired) electrons. The Labute approximate surface area is 213 Å². The van der Waals surface area contributed by atoms with Gasteiger partial charge in [0.15, 0.2) is 5.82 Å². The number of carbonyl (C=O) groups excluding carboxylic acids is 1. The number of nitrogens with one attached hydrogen (secondary N) is 1. The van der Waals surface area contributed by atoms with Crippen molar-refractivity contribution in [2.45, 2.75) is 37.8 Å². The van der Waals surface area contributed by atoms with E-state index in [1.165, 1.54) is 11.3 Å². The molecule has 5 aromatic rings. The number of hydrogen-bond donors (Lipinski definition) is 1. The van der Waals surface area contributed by atoms with Crippen molar-refractivity contribution in [1.29, 1.82) is 0 Å². The normalized spacial score (nSPS) is 18.1. The summed E-state index contributed by atoms with van der Waals surface area (Å²) in [6.07, 6.45) is 10.4. The second-order valence-corrected chi connectivity index (χ2v) is 11.0. The largest absolute Gasteiger partial charge is 0.443 e. The second-order valence-electron chi connectivity index (χ2n) is 8.51. The first-order valence-electron chi connectivity index (χ1n) is 11.4. The van der Waals surface area contributed by atoms with Gasteiger partial charge in [-0.2, -0.15) is 0 Å². The van der Waals surface area contributed by atoms with Crippen LogP contribution in [-0.4, -0.2) is 36.5 Å². The van der Waals surface area contributed by atoms with Crippen LogP contribution in [-0.2, 0) is 0 Å². The molecule has 0 unspecified atom stereocenters. The Balaban J connectivity index is 1.38. The molecule has 5 aromatic heterocycles. The molecular weight excluding hydrogens is 528 g/mol. The van der Waals surface area contributed by atoms with Gasteiger partial charge in [-0.1, -0.05) is 6.07 Å². The number of pyridine rings is 2. The summed E-state index contributed by atoms with van der Waals surface area (Å²) in [5.74, 6) is 1.24. The Bertz CT molecular complexity index is 1480. The Morgan fingerprint density at radius 2 is 2.06 bits per heavy atom. The molecule has 0 bridgehead atoms. The number of rotatable bonds is 5. The summed E-state index contributed by atoms with van der Waals surface area (Å²) >= 11 is 4.88. The Hall–Kier alpha value is -3.37. The average Bonchev–Trinajstić information content (AvgIpc) is 3.64. The lowest BCUT2D eigenvalue weighted by atomic mass is 9.90. The van der Waals surface area contributed by atoms with Gasteiger partial charge in [-0.25, -0.2) is 15.0 Å². The number of hydrogen-bond acceptors (Lipinski definition) is 7. The maximum atomic E-state index is 12.8. The van der Waals surface area contributed by atoms with Gasteiger partial charge in [-0.15, -0.1) is 11.3 Å². The van der Waals surface area contributed by atoms with E-state index in [-0.39, 0.29) is 18.0 Å². The monoisotopic (exact) mass is 548 g/mol. The van der Waals surface area contributed by atoms with Crippen LogP contribution in [0.15, 0.2) is 69.5 Å². The number of amides is 1. The highest BCUT2D eigenvalue weighted by Gasteiger charge is 2.29. The fraction of sp³-hybridized carbons (Fsp3) is 0.240. The predicted molar refractivity (Wildman–Crippen MR) is 137 cm³/mol. The molecule has 0 aliphatic heterocycles. The fourth-order valence-corrected chi connectivity index (χ4v) is 6.02. The molecule has 1 saturated carbocycles. The van der Waals surface area contributed by atoms with Crippen molar-refractivity contribution in [3.63, 3.8) is 0 Å². The molecule has 1 N–H and O–H groups in total. The fourth-order valence-electron chi connectivity index (χ4n) is 4.73. The van der Waals surface area contributed by atoms with Crippen LogP contribution < -0.4 is 5.32 Å². The molecule has 35 heavy (non-hydrogen) atoms. The van der Waals surface area contributed by atoms with Crippen LogP contribution in [0.4, 0.5) is 0 Å². The number of thiophene rings is 1. The third-order valence-electron chi connectivity index (χ3n) is 6.27. The topological polar surface area (TPSA) is 98.7 Å². The summed E-state index contributed by atoms with van der Waals surface area (Å²) < 4.78 is 8.69. The lowest BCUT2D eigenvalue weighted by Gasteiger charge is -2.31. The van der Waals surface area contributed by atoms with Crippen LogP contribution in [0.3, 0.4) is 0 Å². The highest BCUT2D eigenvalue weighted by molar-refractivity contribution is 9.11. The number of aromatic nitrogens is 5. The van der Waals surface area contributed by atoms with E-state index in [0.717, 1.165) is 52.0 Å². The maximum Gasteiger partial charge on any atom is 0.261 e. The number of imidazole rings is 1. The first kappa shape index (κ1) is 22.1. The van der Waals surface area contributed by atoms with Crippen molar-refractivity contribution < 1.29 is 9.21 Å². The zero-order valence-electron chi connectivity index (χ0n) is 18.6. The molecule has 1 aliphatic rings. The zero-order chi connectivity index (χ0) is 23.8. The number of nitrogens with zero attached hydrogens (tertiary/aromatic N) is 5. The Morgan fingerprint density at radius 3 is 2.83 bits per heavy atom. The van der Waals surface area contributed by atoms with Crippen molar-refractivity contribution in [3.05, 3.63) is 69.9 Å². The summed E-state index contributed by atoms with van der Waals surface area (Å²) in [5, 5.41) is 3.25. The van der Waals surface area contributed by atoms with Gasteiger partial charge in [0, 0.05) is 18.3 Å². The summed E-state index contributed by atoms with van der Waals surface area (Å²) in [5.41, 5.74) is 3.19. The lowest BCUT2D eigenvalue weighted by Crippen LogP contribution is -2.38. The summed E-state index contributed by atoms with van der Waals surface area (Å²) in [6, 6.07) is 11.8. The van der Waals surface area contributed by atoms with E-state index in [2.05, 4.69) is 40.8 Å². The molecule has 10 heteroatoms. The molecule has 6 rings (SSSR count). The van der Waals surface area contributed by atoms with Crippen LogP contribution in [0, 0.1) is 0 Å². The molecule has 0 spiro atoms. The number of halogens is 1. The zero-order valence-corrected chi connectivity index (χ0v) is 21.0. The van der Waals surface area contributed by atoms with Crippen molar-refractivity contribution in [2.24, 2.45) is 0 Å². The van der Waals surface area contributed by atoms with E-state index in [0.29, 0.717) is 16.5 Å². The van der Waals surface area contributed by atoms with Gasteiger partial charge in [-0.3, -0.25) is 9.78 Å². The minimum absolute atomic E-state index is 0.0258. The van der Waals surface area contributed by atoms with Crippen molar-refractivity contribution in [2.75, 3.05) is 0 Å². The first-order chi connectivity index (χ1) is 17.2. The third-order valence-corrected chi connectivity index (χ3v) is 7.89. The van der Waals surface area contributed by atoms with Crippen LogP contribution >= 0.6 is 27.3 Å². The van der Waals surface area contributed by atoms with Gasteiger partial charge >= 0.3 is 0 Å². The Morgan fingerprint density at radius 1 is 1.11 bits per heavy atom. The van der Waals surface area contributed by atoms with Gasteiger partial charge < -0.3 is 14.3 Å². The quantitative estimate of drug-likeness (QED) is 0.294. The van der Waals surface area contributed by atoms with E-state index in [4.69, 9.17) is 9.40 Å². The molecule has 5 heterocycles. The minimum atomic E-state index is -0.0258. The molecule has 1 fully saturated rings. The number of fused-ring (bicyclic) bond motifs is 1. The van der Waals surface area contributed by atoms with Crippen molar-refractivity contribution in [1.82, 2.24) is 29.8 Å². The Kier molecular flexibility index (Phi) is 5.91. The highest BCUT2D eigenvalue weighted by Crippen LogP contribution is 2.36. The summed E-state index contributed by atoms with van der Waals surface area (Å²) in [7, 11) is 0. The molecule has 0 saturated heterocycles. The SMILES string of the molecule is O=C(N[C@H]1CCC[C@@H](n2c(-c3ccccn3)nc3cnc(-c4ncco4)cc32)C1)c1ccc(Br)s1. The molecule has 2 atom stereocenters. The van der Waals surface area contributed by atoms with E-state index in [1.54, 1.807) is 24.9 Å². The molecule has 176 valence electrons. The smallest absolute Gasteiger partial charge is 0.261 e. The lowest BCUT2D eigenvalue weighted by molar-refractivity contribution is 0.0925. The molecular formula is C25H21BrN6O2S. The highest BCUT2D eigenvalue weighted by atomic mass is 79.9. The van der Waals surface area contributed by atoms with Gasteiger partial charge in [0.1, 0.15) is 23.2 Å². The van der Waals surface area contributed by atoms with Gasteiger partial charge in [0.05, 0.1) is 26.6 Å². The van der Waals surface area contributed by atoms with Crippen LogP contribution in [0.2, 0.25) is 0 Å². The molecule has 1 amide bonds. The third kappa shape index (κ3) is 4.39. The van der Waals surface area contributed by atoms with E-state index in [9.17, 15) is 4.79 Å². The van der Waals surface area contributed by atoms with E-state index in [1.807, 2.05) is 36.4 Å². The van der Waals surface area contributed by atoms with E-state index >= 15 is 0 Å². The average molecular weight is 549 g/mol. The predicted octanol–water partition coefficient (Wildman–Crippen LogP) is 5.89. The molecule has 8 nitrogen and oxygen atoms in total. The number of oxazole rings is 1. The van der Waals surface area contributed by atoms with Crippen molar-refractivity contribution in [3.8, 4) is 23.1 Å². The molecule has 0 aromatic carbocycles. The van der Waals surface area contributed by atoms with Gasteiger partial charge in [0.2, 0.25) is 5.89 Å². The van der Waals surface area contributed by atoms with Crippen LogP contribution in [0.25, 0.3) is 34.1 Å². The standard InChI is InChI=1S/C25H21BrN6O2S/c26-22-8-7-21(35-22)24(33)30-15-4-3-5-16(12-15)32-20-13-18(25-28-10-11-34-25)29-14-19(20)31-23(32)17-6-1-2-9-27-17/h1-2,6-11,13-16H,3-5,12H2,(H,30,33)/t15-,16+/m0/s1. The number of carbonyl (C=O) groups is 1. The molecule has 1 aliphatic carbocycles. The van der Waals surface area contributed by atoms with E-state index < -0.39 is 0 Å². The van der Waals surface area contributed by atoms with Gasteiger partial charge in [-0.05, 0) is 71.9 Å². The van der Waals surface area contributed by atoms with Crippen LogP contribution in [0.5, 0.6) is 0 Å². The summed E-state index contributed by atoms with van der Waals surface area (Å²) in [6.45, 7) is 0. The van der Waals surface area contributed by atoms with Gasteiger partial charge in [0.25, 0.3) is 5.91 Å². The summed E-state index contributed by atoms with van der Waals surface area (Å²) in [4.78, 5) is 31.8. The minimum Gasteiger partial charge on any atom is -0.443 e. The maximum absolute atomic E-state index is 12.8.